The van der Waals surface area contributed by atoms with Crippen molar-refractivity contribution in [2.75, 3.05) is 49.9 Å². The Morgan fingerprint density at radius 1 is 1.14 bits per heavy atom. The summed E-state index contributed by atoms with van der Waals surface area (Å²) in [6.07, 6.45) is 0.706. The van der Waals surface area contributed by atoms with Gasteiger partial charge in [0.15, 0.2) is 0 Å². The van der Waals surface area contributed by atoms with Crippen LogP contribution in [0.3, 0.4) is 0 Å². The Morgan fingerprint density at radius 3 is 2.33 bits per heavy atom. The summed E-state index contributed by atoms with van der Waals surface area (Å²) in [5.41, 5.74) is 1.60. The van der Waals surface area contributed by atoms with E-state index < -0.39 is 21.9 Å². The molecule has 1 aliphatic heterocycles. The Morgan fingerprint density at radius 2 is 1.78 bits per heavy atom. The standard InChI is InChI=1S/C23H29Cl2N3O5S2.ClH/c1-3-27-12-9-18-19(15-27)34-22(20(18)23(30)33-4-2)26-21(29)16-5-7-17(8-6-16)35(31,32)28(13-10-24)14-11-25;/h5-8H,3-4,9-15H2,1-2H3,(H,26,29);1H. The number of benzene rings is 1. The van der Waals surface area contributed by atoms with Gasteiger partial charge in [0, 0.05) is 48.4 Å². The summed E-state index contributed by atoms with van der Waals surface area (Å²) < 4.78 is 32.2. The molecule has 0 bridgehead atoms. The number of nitrogens with one attached hydrogen (secondary N) is 1. The topological polar surface area (TPSA) is 96.0 Å². The fourth-order valence-corrected chi connectivity index (χ4v) is 7.20. The van der Waals surface area contributed by atoms with E-state index in [0.717, 1.165) is 23.5 Å². The van der Waals surface area contributed by atoms with Crippen molar-refractivity contribution in [3.8, 4) is 0 Å². The van der Waals surface area contributed by atoms with Crippen LogP contribution in [0.2, 0.25) is 0 Å². The van der Waals surface area contributed by atoms with E-state index in [0.29, 0.717) is 23.5 Å². The van der Waals surface area contributed by atoms with Gasteiger partial charge in [-0.1, -0.05) is 6.92 Å². The van der Waals surface area contributed by atoms with E-state index in [2.05, 4.69) is 17.1 Å². The molecule has 13 heteroatoms. The van der Waals surface area contributed by atoms with E-state index in [9.17, 15) is 18.0 Å². The maximum Gasteiger partial charge on any atom is 0.341 e. The fraction of sp³-hybridized carbons (Fsp3) is 0.478. The van der Waals surface area contributed by atoms with E-state index in [1.165, 1.54) is 39.9 Å². The molecule has 1 aromatic carbocycles. The Kier molecular flexibility index (Phi) is 11.9. The molecule has 0 unspecified atom stereocenters. The molecule has 1 N–H and O–H groups in total. The molecule has 2 aromatic rings. The summed E-state index contributed by atoms with van der Waals surface area (Å²) in [6.45, 7) is 6.77. The van der Waals surface area contributed by atoms with Gasteiger partial charge >= 0.3 is 5.97 Å². The summed E-state index contributed by atoms with van der Waals surface area (Å²) >= 11 is 12.9. The van der Waals surface area contributed by atoms with Crippen LogP contribution >= 0.6 is 46.9 Å². The lowest BCUT2D eigenvalue weighted by Crippen LogP contribution is -2.34. The average Bonchev–Trinajstić information content (AvgIpc) is 3.20. The second-order valence-corrected chi connectivity index (χ2v) is 11.6. The number of rotatable bonds is 11. The van der Waals surface area contributed by atoms with Gasteiger partial charge in [-0.3, -0.25) is 9.69 Å². The maximum absolute atomic E-state index is 13.0. The number of anilines is 1. The number of alkyl halides is 2. The van der Waals surface area contributed by atoms with Crippen LogP contribution in [0.15, 0.2) is 29.2 Å². The number of thiophene rings is 1. The van der Waals surface area contributed by atoms with Crippen LogP contribution in [0.5, 0.6) is 0 Å². The number of amides is 1. The number of sulfonamides is 1. The lowest BCUT2D eigenvalue weighted by Gasteiger charge is -2.25. The first-order chi connectivity index (χ1) is 16.8. The summed E-state index contributed by atoms with van der Waals surface area (Å²) in [6, 6.07) is 5.64. The number of carbonyl (C=O) groups is 2. The van der Waals surface area contributed by atoms with Crippen LogP contribution in [-0.4, -0.2) is 74.0 Å². The zero-order chi connectivity index (χ0) is 25.6. The number of hydrogen-bond acceptors (Lipinski definition) is 7. The van der Waals surface area contributed by atoms with Crippen molar-refractivity contribution in [1.29, 1.82) is 0 Å². The van der Waals surface area contributed by atoms with E-state index in [4.69, 9.17) is 27.9 Å². The first-order valence-corrected chi connectivity index (χ1v) is 14.7. The predicted molar refractivity (Wildman–Crippen MR) is 147 cm³/mol. The van der Waals surface area contributed by atoms with Crippen molar-refractivity contribution in [1.82, 2.24) is 9.21 Å². The van der Waals surface area contributed by atoms with E-state index >= 15 is 0 Å². The van der Waals surface area contributed by atoms with Crippen molar-refractivity contribution >= 4 is 73.8 Å². The molecule has 36 heavy (non-hydrogen) atoms. The minimum Gasteiger partial charge on any atom is -0.462 e. The summed E-state index contributed by atoms with van der Waals surface area (Å²) in [5, 5.41) is 3.29. The first kappa shape index (κ1) is 30.8. The van der Waals surface area contributed by atoms with Gasteiger partial charge in [0.25, 0.3) is 5.91 Å². The monoisotopic (exact) mass is 597 g/mol. The number of nitrogens with zero attached hydrogens (tertiary/aromatic N) is 2. The number of likely N-dealkylation sites (N-methyl/N-ethyl adjacent to an activating group) is 1. The normalized spacial score (nSPS) is 13.7. The fourth-order valence-electron chi connectivity index (χ4n) is 3.88. The van der Waals surface area contributed by atoms with Gasteiger partial charge in [-0.25, -0.2) is 13.2 Å². The zero-order valence-corrected chi connectivity index (χ0v) is 24.1. The number of hydrogen-bond donors (Lipinski definition) is 1. The summed E-state index contributed by atoms with van der Waals surface area (Å²) in [4.78, 5) is 29.1. The smallest absolute Gasteiger partial charge is 0.341 e. The molecule has 0 atom stereocenters. The highest BCUT2D eigenvalue weighted by Gasteiger charge is 2.29. The van der Waals surface area contributed by atoms with Crippen LogP contribution < -0.4 is 5.32 Å². The zero-order valence-electron chi connectivity index (χ0n) is 20.1. The van der Waals surface area contributed by atoms with Gasteiger partial charge in [0.05, 0.1) is 17.1 Å². The lowest BCUT2D eigenvalue weighted by atomic mass is 10.0. The third-order valence-corrected chi connectivity index (χ3v) is 9.10. The molecule has 1 amide bonds. The quantitative estimate of drug-likeness (QED) is 0.303. The van der Waals surface area contributed by atoms with Crippen molar-refractivity contribution in [3.05, 3.63) is 45.8 Å². The molecule has 1 aromatic heterocycles. The molecule has 0 aliphatic carbocycles. The largest absolute Gasteiger partial charge is 0.462 e. The molecule has 200 valence electrons. The van der Waals surface area contributed by atoms with Crippen LogP contribution in [0.25, 0.3) is 0 Å². The molecule has 1 aliphatic rings. The molecule has 3 rings (SSSR count). The Balaban J connectivity index is 0.00000456. The third kappa shape index (κ3) is 6.92. The van der Waals surface area contributed by atoms with Crippen molar-refractivity contribution in [2.24, 2.45) is 0 Å². The molecule has 0 spiro atoms. The second-order valence-electron chi connectivity index (χ2n) is 7.81. The van der Waals surface area contributed by atoms with Gasteiger partial charge in [-0.2, -0.15) is 4.31 Å². The van der Waals surface area contributed by atoms with Gasteiger partial charge in [0.2, 0.25) is 10.0 Å². The maximum atomic E-state index is 13.0. The number of ether oxygens (including phenoxy) is 1. The van der Waals surface area contributed by atoms with Crippen molar-refractivity contribution in [2.45, 2.75) is 31.7 Å². The van der Waals surface area contributed by atoms with Crippen LogP contribution in [0.1, 0.15) is 45.0 Å². The molecule has 0 saturated heterocycles. The number of carbonyl (C=O) groups excluding carboxylic acids is 2. The lowest BCUT2D eigenvalue weighted by molar-refractivity contribution is 0.0526. The highest BCUT2D eigenvalue weighted by atomic mass is 35.5. The van der Waals surface area contributed by atoms with E-state index in [1.54, 1.807) is 6.92 Å². The Labute approximate surface area is 232 Å². The molecule has 0 fully saturated rings. The highest BCUT2D eigenvalue weighted by molar-refractivity contribution is 7.89. The molecule has 0 radical (unpaired) electrons. The summed E-state index contributed by atoms with van der Waals surface area (Å²) in [7, 11) is -3.79. The van der Waals surface area contributed by atoms with Gasteiger partial charge < -0.3 is 10.1 Å². The molecule has 8 nitrogen and oxygen atoms in total. The van der Waals surface area contributed by atoms with Crippen molar-refractivity contribution in [3.63, 3.8) is 0 Å². The van der Waals surface area contributed by atoms with Crippen LogP contribution in [-0.2, 0) is 27.7 Å². The average molecular weight is 599 g/mol. The van der Waals surface area contributed by atoms with Gasteiger partial charge in [-0.15, -0.1) is 46.9 Å². The minimum atomic E-state index is -3.79. The van der Waals surface area contributed by atoms with Gasteiger partial charge in [-0.05, 0) is 49.7 Å². The van der Waals surface area contributed by atoms with Crippen LogP contribution in [0.4, 0.5) is 5.00 Å². The third-order valence-electron chi connectivity index (χ3n) is 5.71. The van der Waals surface area contributed by atoms with Gasteiger partial charge in [0.1, 0.15) is 5.00 Å². The molecular weight excluding hydrogens is 569 g/mol. The van der Waals surface area contributed by atoms with Crippen molar-refractivity contribution < 1.29 is 22.7 Å². The van der Waals surface area contributed by atoms with E-state index in [1.807, 2.05) is 0 Å². The molecular formula is C23H30Cl3N3O5S2. The Bertz CT molecular complexity index is 1150. The number of esters is 1. The Hall–Kier alpha value is -1.40. The highest BCUT2D eigenvalue weighted by Crippen LogP contribution is 2.38. The number of fused-ring (bicyclic) bond motifs is 1. The number of halogens is 3. The molecule has 2 heterocycles. The minimum absolute atomic E-state index is 0. The summed E-state index contributed by atoms with van der Waals surface area (Å²) in [5.74, 6) is -0.616. The van der Waals surface area contributed by atoms with Crippen LogP contribution in [0, 0.1) is 0 Å². The predicted octanol–water partition coefficient (Wildman–Crippen LogP) is 4.45. The van der Waals surface area contributed by atoms with E-state index in [-0.39, 0.29) is 54.3 Å². The SMILES string of the molecule is CCOC(=O)c1c(NC(=O)c2ccc(S(=O)(=O)N(CCCl)CCCl)cc2)sc2c1CCN(CC)C2.Cl. The second kappa shape index (κ2) is 13.9. The first-order valence-electron chi connectivity index (χ1n) is 11.3. The molecule has 0 saturated carbocycles.